The van der Waals surface area contributed by atoms with Gasteiger partial charge in [0.15, 0.2) is 0 Å². The first-order chi connectivity index (χ1) is 7.50. The van der Waals surface area contributed by atoms with E-state index in [4.69, 9.17) is 4.74 Å². The summed E-state index contributed by atoms with van der Waals surface area (Å²) in [5, 5.41) is 3.30. The van der Waals surface area contributed by atoms with Crippen molar-refractivity contribution in [2.45, 2.75) is 38.5 Å². The van der Waals surface area contributed by atoms with Crippen molar-refractivity contribution in [1.29, 1.82) is 0 Å². The van der Waals surface area contributed by atoms with Crippen molar-refractivity contribution in [1.82, 2.24) is 5.32 Å². The van der Waals surface area contributed by atoms with Crippen LogP contribution in [0.15, 0.2) is 30.3 Å². The fourth-order valence-electron chi connectivity index (χ4n) is 2.07. The molecular weight excluding hydrogens is 202 g/mol. The minimum Gasteiger partial charge on any atom is -0.456 e. The maximum atomic E-state index is 11.5. The highest BCUT2D eigenvalue weighted by Crippen LogP contribution is 2.32. The number of hydrogen-bond donors (Lipinski definition) is 1. The predicted molar refractivity (Wildman–Crippen MR) is 62.0 cm³/mol. The Morgan fingerprint density at radius 2 is 1.88 bits per heavy atom. The van der Waals surface area contributed by atoms with Crippen LogP contribution >= 0.6 is 0 Å². The zero-order valence-electron chi connectivity index (χ0n) is 9.86. The summed E-state index contributed by atoms with van der Waals surface area (Å²) in [5.41, 5.74) is 0.636. The summed E-state index contributed by atoms with van der Waals surface area (Å²) in [4.78, 5) is 11.5. The second kappa shape index (κ2) is 3.91. The molecule has 2 rings (SSSR count). The van der Waals surface area contributed by atoms with Gasteiger partial charge in [0.25, 0.3) is 0 Å². The van der Waals surface area contributed by atoms with Crippen molar-refractivity contribution >= 4 is 5.97 Å². The van der Waals surface area contributed by atoms with Gasteiger partial charge in [0, 0.05) is 0 Å². The molecule has 0 aliphatic carbocycles. The number of ether oxygens (including phenoxy) is 1. The van der Waals surface area contributed by atoms with Gasteiger partial charge in [-0.1, -0.05) is 30.3 Å². The van der Waals surface area contributed by atoms with Gasteiger partial charge in [-0.05, 0) is 26.3 Å². The quantitative estimate of drug-likeness (QED) is 0.734. The van der Waals surface area contributed by atoms with Gasteiger partial charge >= 0.3 is 5.97 Å². The lowest BCUT2D eigenvalue weighted by molar-refractivity contribution is -0.170. The highest BCUT2D eigenvalue weighted by atomic mass is 16.6. The van der Waals surface area contributed by atoms with Gasteiger partial charge in [0.1, 0.15) is 11.6 Å². The van der Waals surface area contributed by atoms with E-state index in [1.54, 1.807) is 0 Å². The predicted octanol–water partition coefficient (Wildman–Crippen LogP) is 2.04. The highest BCUT2D eigenvalue weighted by Gasteiger charge is 2.41. The molecule has 1 N–H and O–H groups in total. The molecule has 0 radical (unpaired) electrons. The molecule has 3 heteroatoms. The van der Waals surface area contributed by atoms with Crippen molar-refractivity contribution in [3.8, 4) is 0 Å². The number of carbonyl (C=O) groups excluding carboxylic acids is 1. The van der Waals surface area contributed by atoms with Gasteiger partial charge in [-0.3, -0.25) is 10.1 Å². The molecule has 0 bridgehead atoms. The van der Waals surface area contributed by atoms with Crippen molar-refractivity contribution in [2.75, 3.05) is 0 Å². The average Bonchev–Trinajstić information content (AvgIpc) is 2.24. The molecule has 1 saturated heterocycles. The normalized spacial score (nSPS) is 28.6. The fraction of sp³-hybridized carbons (Fsp3) is 0.462. The number of hydrogen-bond acceptors (Lipinski definition) is 3. The molecule has 1 aliphatic rings. The number of morpholine rings is 1. The summed E-state index contributed by atoms with van der Waals surface area (Å²) in [6.45, 7) is 5.69. The van der Waals surface area contributed by atoms with Crippen LogP contribution in [0.2, 0.25) is 0 Å². The molecule has 1 fully saturated rings. The SMILES string of the molecule is C[C@@H]1N[C@@H](c2ccccc2)C(C)(C)OC1=O. The first kappa shape index (κ1) is 11.1. The van der Waals surface area contributed by atoms with Crippen molar-refractivity contribution in [3.05, 3.63) is 35.9 Å². The van der Waals surface area contributed by atoms with Crippen LogP contribution < -0.4 is 5.32 Å². The third-order valence-electron chi connectivity index (χ3n) is 2.96. The van der Waals surface area contributed by atoms with Crippen LogP contribution in [-0.2, 0) is 9.53 Å². The number of carbonyl (C=O) groups is 1. The molecule has 1 aromatic rings. The molecular formula is C13H17NO2. The van der Waals surface area contributed by atoms with Gasteiger partial charge < -0.3 is 4.74 Å². The standard InChI is InChI=1S/C13H17NO2/c1-9-12(15)16-13(2,3)11(14-9)10-7-5-4-6-8-10/h4-9,11,14H,1-3H3/t9-,11-/m0/s1. The largest absolute Gasteiger partial charge is 0.456 e. The minimum atomic E-state index is -0.509. The Morgan fingerprint density at radius 1 is 1.25 bits per heavy atom. The zero-order valence-corrected chi connectivity index (χ0v) is 9.86. The van der Waals surface area contributed by atoms with Gasteiger partial charge in [0.05, 0.1) is 6.04 Å². The van der Waals surface area contributed by atoms with Crippen molar-refractivity contribution in [2.24, 2.45) is 0 Å². The lowest BCUT2D eigenvalue weighted by atomic mass is 9.89. The maximum Gasteiger partial charge on any atom is 0.323 e. The first-order valence-electron chi connectivity index (χ1n) is 5.54. The number of nitrogens with one attached hydrogen (secondary N) is 1. The van der Waals surface area contributed by atoms with Gasteiger partial charge in [-0.2, -0.15) is 0 Å². The number of cyclic esters (lactones) is 1. The molecule has 16 heavy (non-hydrogen) atoms. The van der Waals surface area contributed by atoms with Gasteiger partial charge in [0.2, 0.25) is 0 Å². The third kappa shape index (κ3) is 1.95. The average molecular weight is 219 g/mol. The topological polar surface area (TPSA) is 38.3 Å². The van der Waals surface area contributed by atoms with Crippen LogP contribution in [-0.4, -0.2) is 17.6 Å². The fourth-order valence-corrected chi connectivity index (χ4v) is 2.07. The summed E-state index contributed by atoms with van der Waals surface area (Å²) in [7, 11) is 0. The molecule has 0 amide bonds. The van der Waals surface area contributed by atoms with Gasteiger partial charge in [-0.15, -0.1) is 0 Å². The van der Waals surface area contributed by atoms with E-state index < -0.39 is 5.60 Å². The summed E-state index contributed by atoms with van der Waals surface area (Å²) in [6.07, 6.45) is 0. The van der Waals surface area contributed by atoms with Crippen molar-refractivity contribution < 1.29 is 9.53 Å². The summed E-state index contributed by atoms with van der Waals surface area (Å²) >= 11 is 0. The third-order valence-corrected chi connectivity index (χ3v) is 2.96. The lowest BCUT2D eigenvalue weighted by Gasteiger charge is -2.41. The summed E-state index contributed by atoms with van der Waals surface area (Å²) in [5.74, 6) is -0.183. The van der Waals surface area contributed by atoms with Crippen molar-refractivity contribution in [3.63, 3.8) is 0 Å². The zero-order chi connectivity index (χ0) is 11.8. The Labute approximate surface area is 95.8 Å². The summed E-state index contributed by atoms with van der Waals surface area (Å²) in [6, 6.07) is 9.85. The van der Waals surface area contributed by atoms with Gasteiger partial charge in [-0.25, -0.2) is 0 Å². The molecule has 1 aromatic carbocycles. The Bertz CT molecular complexity index is 386. The lowest BCUT2D eigenvalue weighted by Crippen LogP contribution is -2.55. The van der Waals surface area contributed by atoms with Crippen LogP contribution in [0.4, 0.5) is 0 Å². The minimum absolute atomic E-state index is 0.0430. The number of esters is 1. The van der Waals surface area contributed by atoms with Crippen LogP contribution in [0.5, 0.6) is 0 Å². The number of benzene rings is 1. The molecule has 0 saturated carbocycles. The number of rotatable bonds is 1. The molecule has 3 nitrogen and oxygen atoms in total. The molecule has 0 aromatic heterocycles. The van der Waals surface area contributed by atoms with E-state index in [0.29, 0.717) is 0 Å². The van der Waals surface area contributed by atoms with E-state index in [1.807, 2.05) is 51.1 Å². The van der Waals surface area contributed by atoms with Crippen LogP contribution in [0.25, 0.3) is 0 Å². The molecule has 0 unspecified atom stereocenters. The van der Waals surface area contributed by atoms with Crippen LogP contribution in [0.3, 0.4) is 0 Å². The second-order valence-electron chi connectivity index (χ2n) is 4.76. The van der Waals surface area contributed by atoms with E-state index >= 15 is 0 Å². The van der Waals surface area contributed by atoms with Crippen LogP contribution in [0, 0.1) is 0 Å². The Balaban J connectivity index is 2.30. The molecule has 2 atom stereocenters. The Hall–Kier alpha value is -1.35. The summed E-state index contributed by atoms with van der Waals surface area (Å²) < 4.78 is 5.45. The maximum absolute atomic E-state index is 11.5. The molecule has 1 aliphatic heterocycles. The Kier molecular flexibility index (Phi) is 2.72. The molecule has 0 spiro atoms. The second-order valence-corrected chi connectivity index (χ2v) is 4.76. The van der Waals surface area contributed by atoms with E-state index in [9.17, 15) is 4.79 Å². The van der Waals surface area contributed by atoms with E-state index in [0.717, 1.165) is 5.56 Å². The molecule has 86 valence electrons. The monoisotopic (exact) mass is 219 g/mol. The van der Waals surface area contributed by atoms with Crippen LogP contribution in [0.1, 0.15) is 32.4 Å². The Morgan fingerprint density at radius 3 is 2.50 bits per heavy atom. The van der Waals surface area contributed by atoms with E-state index in [2.05, 4.69) is 5.32 Å². The highest BCUT2D eigenvalue weighted by molar-refractivity contribution is 5.76. The first-order valence-corrected chi connectivity index (χ1v) is 5.54. The smallest absolute Gasteiger partial charge is 0.323 e. The van der Waals surface area contributed by atoms with E-state index in [-0.39, 0.29) is 18.1 Å². The van der Waals surface area contributed by atoms with E-state index in [1.165, 1.54) is 0 Å². The molecule has 1 heterocycles.